The van der Waals surface area contributed by atoms with Crippen molar-refractivity contribution in [3.8, 4) is 0 Å². The Kier molecular flexibility index (Phi) is 2.50. The van der Waals surface area contributed by atoms with E-state index in [9.17, 15) is 13.2 Å². The number of aliphatic hydroxyl groups is 1. The summed E-state index contributed by atoms with van der Waals surface area (Å²) in [5.41, 5.74) is 0. The van der Waals surface area contributed by atoms with Crippen LogP contribution in [-0.2, 0) is 14.8 Å². The van der Waals surface area contributed by atoms with Crippen molar-refractivity contribution < 1.29 is 18.3 Å². The summed E-state index contributed by atoms with van der Waals surface area (Å²) in [4.78, 5) is 11.0. The number of nitrogens with two attached hydrogens (primary N) is 1. The number of rotatable bonds is 1. The minimum absolute atomic E-state index is 0.0579. The molecule has 0 amide bonds. The third-order valence-corrected chi connectivity index (χ3v) is 3.21. The molecule has 2 unspecified atom stereocenters. The van der Waals surface area contributed by atoms with Gasteiger partial charge in [-0.15, -0.1) is 0 Å². The van der Waals surface area contributed by atoms with Crippen LogP contribution in [0.25, 0.3) is 0 Å². The van der Waals surface area contributed by atoms with Crippen molar-refractivity contribution in [3.63, 3.8) is 0 Å². The van der Waals surface area contributed by atoms with Crippen LogP contribution in [0.4, 0.5) is 0 Å². The first-order chi connectivity index (χ1) is 5.41. The van der Waals surface area contributed by atoms with E-state index in [0.717, 1.165) is 0 Å². The third kappa shape index (κ3) is 2.02. The van der Waals surface area contributed by atoms with E-state index < -0.39 is 21.4 Å². The molecule has 0 aromatic rings. The zero-order valence-electron chi connectivity index (χ0n) is 6.43. The number of ketones is 1. The van der Waals surface area contributed by atoms with Crippen LogP contribution in [0, 0.1) is 0 Å². The Morgan fingerprint density at radius 1 is 1.50 bits per heavy atom. The van der Waals surface area contributed by atoms with Crippen LogP contribution in [0.5, 0.6) is 0 Å². The van der Waals surface area contributed by atoms with Gasteiger partial charge >= 0.3 is 0 Å². The molecule has 12 heavy (non-hydrogen) atoms. The molecule has 5 nitrogen and oxygen atoms in total. The van der Waals surface area contributed by atoms with Gasteiger partial charge in [-0.3, -0.25) is 4.79 Å². The summed E-state index contributed by atoms with van der Waals surface area (Å²) >= 11 is 0. The predicted molar refractivity (Wildman–Crippen MR) is 41.8 cm³/mol. The lowest BCUT2D eigenvalue weighted by Gasteiger charge is -2.22. The van der Waals surface area contributed by atoms with Crippen molar-refractivity contribution in [3.05, 3.63) is 0 Å². The first kappa shape index (κ1) is 9.63. The zero-order valence-corrected chi connectivity index (χ0v) is 7.25. The number of hydrogen-bond acceptors (Lipinski definition) is 4. The highest BCUT2D eigenvalue weighted by molar-refractivity contribution is 7.90. The summed E-state index contributed by atoms with van der Waals surface area (Å²) in [5, 5.41) is 12.7. The molecule has 0 radical (unpaired) electrons. The molecule has 0 aromatic carbocycles. The highest BCUT2D eigenvalue weighted by Crippen LogP contribution is 2.19. The van der Waals surface area contributed by atoms with Gasteiger partial charge in [-0.05, 0) is 12.8 Å². The summed E-state index contributed by atoms with van der Waals surface area (Å²) in [7, 11) is -3.82. The van der Waals surface area contributed by atoms with Gasteiger partial charge in [-0.25, -0.2) is 13.6 Å². The topological polar surface area (TPSA) is 97.5 Å². The first-order valence-electron chi connectivity index (χ1n) is 3.63. The van der Waals surface area contributed by atoms with Crippen LogP contribution in [0.2, 0.25) is 0 Å². The number of Topliss-reactive ketones (excluding diaryl/α,β-unsaturated/α-hetero) is 1. The minimum atomic E-state index is -3.82. The second-order valence-electron chi connectivity index (χ2n) is 2.97. The van der Waals surface area contributed by atoms with Gasteiger partial charge in [-0.2, -0.15) is 0 Å². The van der Waals surface area contributed by atoms with Gasteiger partial charge in [0, 0.05) is 6.42 Å². The van der Waals surface area contributed by atoms with Gasteiger partial charge in [0.2, 0.25) is 10.0 Å². The van der Waals surface area contributed by atoms with Crippen LogP contribution in [0.3, 0.4) is 0 Å². The summed E-state index contributed by atoms with van der Waals surface area (Å²) < 4.78 is 21.6. The summed E-state index contributed by atoms with van der Waals surface area (Å²) in [5.74, 6) is -0.386. The maximum Gasteiger partial charge on any atom is 0.219 e. The fourth-order valence-electron chi connectivity index (χ4n) is 1.28. The Morgan fingerprint density at radius 2 is 2.08 bits per heavy atom. The minimum Gasteiger partial charge on any atom is -0.393 e. The van der Waals surface area contributed by atoms with Crippen molar-refractivity contribution in [2.45, 2.75) is 30.6 Å². The van der Waals surface area contributed by atoms with Gasteiger partial charge in [0.15, 0.2) is 5.78 Å². The van der Waals surface area contributed by atoms with Gasteiger partial charge in [-0.1, -0.05) is 0 Å². The van der Waals surface area contributed by atoms with Crippen LogP contribution >= 0.6 is 0 Å². The molecule has 1 rings (SSSR count). The van der Waals surface area contributed by atoms with Crippen molar-refractivity contribution in [1.29, 1.82) is 0 Å². The molecule has 0 bridgehead atoms. The van der Waals surface area contributed by atoms with Crippen molar-refractivity contribution in [1.82, 2.24) is 0 Å². The molecule has 0 aliphatic heterocycles. The molecule has 6 heteroatoms. The standard InChI is InChI=1S/C6H11NO4S/c7-12(10,11)6-3-4(8)1-2-5(6)9/h4,6,8H,1-3H2,(H2,7,10,11). The number of aliphatic hydroxyl groups excluding tert-OH is 1. The number of carbonyl (C=O) groups is 1. The normalized spacial score (nSPS) is 32.0. The molecule has 1 aliphatic carbocycles. The quantitative estimate of drug-likeness (QED) is 0.544. The Hall–Kier alpha value is -0.460. The second kappa shape index (κ2) is 3.12. The van der Waals surface area contributed by atoms with Crippen molar-refractivity contribution >= 4 is 15.8 Å². The Balaban J connectivity index is 2.82. The Morgan fingerprint density at radius 3 is 2.50 bits per heavy atom. The fraction of sp³-hybridized carbons (Fsp3) is 0.833. The molecule has 2 atom stereocenters. The second-order valence-corrected chi connectivity index (χ2v) is 4.72. The van der Waals surface area contributed by atoms with E-state index in [-0.39, 0.29) is 18.6 Å². The molecule has 1 aliphatic rings. The summed E-state index contributed by atoms with van der Waals surface area (Å²) in [6.45, 7) is 0. The number of carbonyl (C=O) groups excluding carboxylic acids is 1. The molecule has 70 valence electrons. The maximum atomic E-state index is 11.0. The Labute approximate surface area is 70.6 Å². The van der Waals surface area contributed by atoms with E-state index >= 15 is 0 Å². The lowest BCUT2D eigenvalue weighted by Crippen LogP contribution is -2.41. The molecule has 3 N–H and O–H groups in total. The van der Waals surface area contributed by atoms with E-state index in [1.54, 1.807) is 0 Å². The fourth-order valence-corrected chi connectivity index (χ4v) is 2.26. The highest BCUT2D eigenvalue weighted by Gasteiger charge is 2.35. The van der Waals surface area contributed by atoms with E-state index in [2.05, 4.69) is 0 Å². The van der Waals surface area contributed by atoms with Gasteiger partial charge in [0.1, 0.15) is 5.25 Å². The maximum absolute atomic E-state index is 11.0. The first-order valence-corrected chi connectivity index (χ1v) is 5.24. The molecule has 1 saturated carbocycles. The number of primary sulfonamides is 1. The average molecular weight is 193 g/mol. The third-order valence-electron chi connectivity index (χ3n) is 1.97. The zero-order chi connectivity index (χ0) is 9.35. The molecule has 1 fully saturated rings. The monoisotopic (exact) mass is 193 g/mol. The summed E-state index contributed by atoms with van der Waals surface area (Å²) in [6, 6.07) is 0. The van der Waals surface area contributed by atoms with Crippen LogP contribution in [0.15, 0.2) is 0 Å². The largest absolute Gasteiger partial charge is 0.393 e. The van der Waals surface area contributed by atoms with Crippen molar-refractivity contribution in [2.24, 2.45) is 5.14 Å². The molecular formula is C6H11NO4S. The van der Waals surface area contributed by atoms with Crippen LogP contribution < -0.4 is 5.14 Å². The lowest BCUT2D eigenvalue weighted by atomic mass is 9.96. The number of sulfonamides is 1. The van der Waals surface area contributed by atoms with E-state index in [1.165, 1.54) is 0 Å². The predicted octanol–water partition coefficient (Wildman–Crippen LogP) is -1.24. The van der Waals surface area contributed by atoms with Crippen LogP contribution in [-0.4, -0.2) is 30.7 Å². The van der Waals surface area contributed by atoms with E-state index in [1.807, 2.05) is 0 Å². The smallest absolute Gasteiger partial charge is 0.219 e. The van der Waals surface area contributed by atoms with E-state index in [0.29, 0.717) is 6.42 Å². The molecule has 0 heterocycles. The molecule has 0 saturated heterocycles. The van der Waals surface area contributed by atoms with Gasteiger partial charge in [0.05, 0.1) is 6.10 Å². The molecule has 0 aromatic heterocycles. The van der Waals surface area contributed by atoms with Crippen molar-refractivity contribution in [2.75, 3.05) is 0 Å². The average Bonchev–Trinajstić information content (AvgIpc) is 1.92. The highest BCUT2D eigenvalue weighted by atomic mass is 32.2. The number of hydrogen-bond donors (Lipinski definition) is 2. The molecule has 0 spiro atoms. The van der Waals surface area contributed by atoms with Crippen LogP contribution in [0.1, 0.15) is 19.3 Å². The van der Waals surface area contributed by atoms with E-state index in [4.69, 9.17) is 10.2 Å². The van der Waals surface area contributed by atoms with Gasteiger partial charge in [0.25, 0.3) is 0 Å². The SMILES string of the molecule is NS(=O)(=O)C1CC(O)CCC1=O. The summed E-state index contributed by atoms with van der Waals surface area (Å²) in [6.07, 6.45) is -0.337. The lowest BCUT2D eigenvalue weighted by molar-refractivity contribution is -0.121. The van der Waals surface area contributed by atoms with Gasteiger partial charge < -0.3 is 5.11 Å². The molecular weight excluding hydrogens is 182 g/mol. The Bertz CT molecular complexity index is 284.